The highest BCUT2D eigenvalue weighted by Gasteiger charge is 2.36. The van der Waals surface area contributed by atoms with Gasteiger partial charge in [-0.2, -0.15) is 0 Å². The van der Waals surface area contributed by atoms with E-state index >= 15 is 0 Å². The van der Waals surface area contributed by atoms with Crippen LogP contribution in [0.5, 0.6) is 11.5 Å². The molecule has 3 aromatic carbocycles. The average Bonchev–Trinajstić information content (AvgIpc) is 3.43. The number of anilines is 1. The minimum absolute atomic E-state index is 0.0540. The summed E-state index contributed by atoms with van der Waals surface area (Å²) in [5, 5.41) is 0. The van der Waals surface area contributed by atoms with Gasteiger partial charge >= 0.3 is 17.9 Å². The molecule has 0 aliphatic carbocycles. The molecular weight excluding hydrogens is 554 g/mol. The third-order valence-electron chi connectivity index (χ3n) is 6.89. The van der Waals surface area contributed by atoms with E-state index in [1.165, 1.54) is 36.3 Å². The molecule has 1 aliphatic rings. The molecule has 224 valence electrons. The second-order valence-corrected chi connectivity index (χ2v) is 9.97. The first-order valence-electron chi connectivity index (χ1n) is 14.0. The van der Waals surface area contributed by atoms with Crippen LogP contribution in [-0.4, -0.2) is 56.5 Å². The van der Waals surface area contributed by atoms with E-state index < -0.39 is 36.2 Å². The molecule has 1 amide bonds. The third kappa shape index (κ3) is 8.28. The monoisotopic (exact) mass is 587 g/mol. The van der Waals surface area contributed by atoms with Crippen LogP contribution in [0.1, 0.15) is 63.7 Å². The Morgan fingerprint density at radius 2 is 1.53 bits per heavy atom. The van der Waals surface area contributed by atoms with E-state index in [1.807, 2.05) is 0 Å². The number of unbranched alkanes of at least 4 members (excludes halogenated alkanes) is 2. The highest BCUT2D eigenvalue weighted by Crippen LogP contribution is 2.26. The maximum Gasteiger partial charge on any atom is 0.343 e. The molecule has 10 nitrogen and oxygen atoms in total. The Hall–Kier alpha value is -4.99. The Morgan fingerprint density at radius 3 is 2.23 bits per heavy atom. The quantitative estimate of drug-likeness (QED) is 0.117. The lowest BCUT2D eigenvalue weighted by atomic mass is 10.1. The fourth-order valence-corrected chi connectivity index (χ4v) is 4.46. The van der Waals surface area contributed by atoms with Crippen LogP contribution < -0.4 is 14.4 Å². The van der Waals surface area contributed by atoms with Crippen LogP contribution in [-0.2, 0) is 19.1 Å². The molecule has 4 rings (SSSR count). The molecule has 1 aliphatic heterocycles. The Bertz CT molecular complexity index is 1460. The van der Waals surface area contributed by atoms with Crippen LogP contribution in [0.25, 0.3) is 0 Å². The standard InChI is InChI=1S/C33H33NO9/c1-3-4-5-17-41-31(37)23-9-13-26(14-10-23)34-20-25(19-30(34)36)32(38)42-21-29(35)22-11-15-27(16-12-22)43-33(39)24-7-6-8-28(18-24)40-2/h6-16,18,25H,3-5,17,19-21H2,1-2H3/t25-/m0/s1. The first kappa shape index (κ1) is 31.0. The number of hydrogen-bond donors (Lipinski definition) is 0. The van der Waals surface area contributed by atoms with Crippen molar-refractivity contribution in [1.82, 2.24) is 0 Å². The maximum atomic E-state index is 12.7. The molecule has 0 N–H and O–H groups in total. The van der Waals surface area contributed by atoms with E-state index in [9.17, 15) is 24.0 Å². The summed E-state index contributed by atoms with van der Waals surface area (Å²) in [5.74, 6) is -2.34. The van der Waals surface area contributed by atoms with E-state index in [0.717, 1.165) is 19.3 Å². The summed E-state index contributed by atoms with van der Waals surface area (Å²) in [6.45, 7) is 2.02. The predicted molar refractivity (Wildman–Crippen MR) is 156 cm³/mol. The number of benzene rings is 3. The zero-order chi connectivity index (χ0) is 30.8. The number of Topliss-reactive ketones (excluding diaryl/α,β-unsaturated/α-hetero) is 1. The smallest absolute Gasteiger partial charge is 0.343 e. The molecule has 0 spiro atoms. The molecule has 1 fully saturated rings. The molecular formula is C33H33NO9. The van der Waals surface area contributed by atoms with Gasteiger partial charge in [0, 0.05) is 24.2 Å². The summed E-state index contributed by atoms with van der Waals surface area (Å²) >= 11 is 0. The molecule has 1 heterocycles. The number of carbonyl (C=O) groups is 5. The van der Waals surface area contributed by atoms with Crippen LogP contribution in [0.4, 0.5) is 5.69 Å². The lowest BCUT2D eigenvalue weighted by Gasteiger charge is -2.17. The normalized spacial score (nSPS) is 14.2. The number of carbonyl (C=O) groups excluding carboxylic acids is 5. The summed E-state index contributed by atoms with van der Waals surface area (Å²) in [5.41, 5.74) is 1.50. The molecule has 3 aromatic rings. The Balaban J connectivity index is 1.25. The Labute approximate surface area is 249 Å². The van der Waals surface area contributed by atoms with Crippen LogP contribution >= 0.6 is 0 Å². The highest BCUT2D eigenvalue weighted by molar-refractivity contribution is 6.01. The minimum Gasteiger partial charge on any atom is -0.497 e. The van der Waals surface area contributed by atoms with E-state index in [0.29, 0.717) is 29.2 Å². The van der Waals surface area contributed by atoms with E-state index in [-0.39, 0.29) is 30.2 Å². The van der Waals surface area contributed by atoms with Gasteiger partial charge in [-0.1, -0.05) is 25.8 Å². The number of rotatable bonds is 13. The minimum atomic E-state index is -0.734. The lowest BCUT2D eigenvalue weighted by Crippen LogP contribution is -2.27. The molecule has 0 radical (unpaired) electrons. The van der Waals surface area contributed by atoms with Crippen LogP contribution in [0, 0.1) is 5.92 Å². The first-order valence-corrected chi connectivity index (χ1v) is 14.0. The van der Waals surface area contributed by atoms with Crippen LogP contribution in [0.3, 0.4) is 0 Å². The second-order valence-electron chi connectivity index (χ2n) is 9.97. The summed E-state index contributed by atoms with van der Waals surface area (Å²) < 4.78 is 20.9. The van der Waals surface area contributed by atoms with E-state index in [4.69, 9.17) is 18.9 Å². The van der Waals surface area contributed by atoms with Crippen molar-refractivity contribution in [2.24, 2.45) is 5.92 Å². The predicted octanol–water partition coefficient (Wildman–Crippen LogP) is 5.04. The second kappa shape index (κ2) is 14.8. The number of hydrogen-bond acceptors (Lipinski definition) is 9. The number of methoxy groups -OCH3 is 1. The van der Waals surface area contributed by atoms with Gasteiger partial charge in [-0.25, -0.2) is 9.59 Å². The molecule has 0 unspecified atom stereocenters. The zero-order valence-corrected chi connectivity index (χ0v) is 24.1. The van der Waals surface area contributed by atoms with Gasteiger partial charge in [0.2, 0.25) is 5.91 Å². The topological polar surface area (TPSA) is 126 Å². The third-order valence-corrected chi connectivity index (χ3v) is 6.89. The van der Waals surface area contributed by atoms with Gasteiger partial charge in [0.25, 0.3) is 0 Å². The largest absolute Gasteiger partial charge is 0.497 e. The molecule has 1 saturated heterocycles. The van der Waals surface area contributed by atoms with Crippen LogP contribution in [0.15, 0.2) is 72.8 Å². The summed E-state index contributed by atoms with van der Waals surface area (Å²) in [6.07, 6.45) is 2.77. The van der Waals surface area contributed by atoms with Gasteiger partial charge in [-0.3, -0.25) is 14.4 Å². The number of amides is 1. The van der Waals surface area contributed by atoms with E-state index in [1.54, 1.807) is 48.5 Å². The van der Waals surface area contributed by atoms with Crippen molar-refractivity contribution < 1.29 is 42.9 Å². The zero-order valence-electron chi connectivity index (χ0n) is 24.1. The molecule has 0 saturated carbocycles. The molecule has 1 atom stereocenters. The Kier molecular flexibility index (Phi) is 10.6. The lowest BCUT2D eigenvalue weighted by molar-refractivity contribution is -0.147. The molecule has 43 heavy (non-hydrogen) atoms. The van der Waals surface area contributed by atoms with Gasteiger partial charge < -0.3 is 23.8 Å². The summed E-state index contributed by atoms with van der Waals surface area (Å²) in [6, 6.07) is 18.8. The highest BCUT2D eigenvalue weighted by atomic mass is 16.5. The van der Waals surface area contributed by atoms with Crippen molar-refractivity contribution in [2.45, 2.75) is 32.6 Å². The van der Waals surface area contributed by atoms with Crippen molar-refractivity contribution in [3.05, 3.63) is 89.5 Å². The first-order chi connectivity index (χ1) is 20.8. The van der Waals surface area contributed by atoms with Crippen molar-refractivity contribution in [3.8, 4) is 11.5 Å². The SMILES string of the molecule is CCCCCOC(=O)c1ccc(N2C[C@@H](C(=O)OCC(=O)c3ccc(OC(=O)c4cccc(OC)c4)cc3)CC2=O)cc1. The molecule has 0 bridgehead atoms. The number of ether oxygens (including phenoxy) is 4. The van der Waals surface area contributed by atoms with Gasteiger partial charge in [0.05, 0.1) is 30.8 Å². The average molecular weight is 588 g/mol. The van der Waals surface area contributed by atoms with Gasteiger partial charge in [0.15, 0.2) is 12.4 Å². The fourth-order valence-electron chi connectivity index (χ4n) is 4.46. The maximum absolute atomic E-state index is 12.7. The fraction of sp³-hybridized carbons (Fsp3) is 0.303. The molecule has 10 heteroatoms. The number of esters is 3. The van der Waals surface area contributed by atoms with Crippen molar-refractivity contribution in [2.75, 3.05) is 31.8 Å². The van der Waals surface area contributed by atoms with Crippen molar-refractivity contribution in [1.29, 1.82) is 0 Å². The molecule has 0 aromatic heterocycles. The summed E-state index contributed by atoms with van der Waals surface area (Å²) in [7, 11) is 1.50. The van der Waals surface area contributed by atoms with Crippen molar-refractivity contribution in [3.63, 3.8) is 0 Å². The van der Waals surface area contributed by atoms with Crippen molar-refractivity contribution >= 4 is 35.3 Å². The van der Waals surface area contributed by atoms with Gasteiger partial charge in [-0.05, 0) is 73.2 Å². The number of nitrogens with zero attached hydrogens (tertiary/aromatic N) is 1. The van der Waals surface area contributed by atoms with Crippen LogP contribution in [0.2, 0.25) is 0 Å². The van der Waals surface area contributed by atoms with Gasteiger partial charge in [-0.15, -0.1) is 0 Å². The number of ketones is 1. The Morgan fingerprint density at radius 1 is 0.814 bits per heavy atom. The summed E-state index contributed by atoms with van der Waals surface area (Å²) in [4.78, 5) is 63.9. The van der Waals surface area contributed by atoms with E-state index in [2.05, 4.69) is 6.92 Å². The van der Waals surface area contributed by atoms with Gasteiger partial charge in [0.1, 0.15) is 11.5 Å².